The maximum absolute atomic E-state index is 5.03. The van der Waals surface area contributed by atoms with Gasteiger partial charge in [-0.15, -0.1) is 0 Å². The highest BCUT2D eigenvalue weighted by Gasteiger charge is 2.46. The van der Waals surface area contributed by atoms with Crippen molar-refractivity contribution in [1.82, 2.24) is 19.1 Å². The van der Waals surface area contributed by atoms with Gasteiger partial charge in [0.15, 0.2) is 0 Å². The highest BCUT2D eigenvalue weighted by Crippen LogP contribution is 2.57. The molecular formula is C55H38N4. The fourth-order valence-corrected chi connectivity index (χ4v) is 10.3. The normalized spacial score (nSPS) is 13.1. The van der Waals surface area contributed by atoms with Crippen LogP contribution in [0, 0.1) is 13.8 Å². The SMILES string of the molecule is Cc1nc2ccccc2n1-c1cccc2c(-c3ccc4c(c3)C(c3ccccc3)(c3ccccc3)c3ccccc3-4)c3cccc(-n4c(C)nc5ccccc54)c3cc12. The van der Waals surface area contributed by atoms with Crippen LogP contribution in [0.15, 0.2) is 194 Å². The largest absolute Gasteiger partial charge is 0.296 e. The molecule has 12 rings (SSSR count). The Hall–Kier alpha value is -7.56. The monoisotopic (exact) mass is 754 g/mol. The number of benzene rings is 9. The van der Waals surface area contributed by atoms with Crippen LogP contribution in [-0.4, -0.2) is 19.1 Å². The van der Waals surface area contributed by atoms with Crippen LogP contribution in [-0.2, 0) is 5.41 Å². The summed E-state index contributed by atoms with van der Waals surface area (Å²) >= 11 is 0. The van der Waals surface area contributed by atoms with E-state index in [4.69, 9.17) is 9.97 Å². The van der Waals surface area contributed by atoms with Gasteiger partial charge in [0, 0.05) is 10.8 Å². The number of aromatic nitrogens is 4. The van der Waals surface area contributed by atoms with Crippen LogP contribution in [0.2, 0.25) is 0 Å². The molecule has 0 atom stereocenters. The number of aryl methyl sites for hydroxylation is 2. The molecule has 59 heavy (non-hydrogen) atoms. The number of para-hydroxylation sites is 4. The number of rotatable bonds is 5. The third-order valence-electron chi connectivity index (χ3n) is 12.7. The van der Waals surface area contributed by atoms with E-state index in [2.05, 4.69) is 217 Å². The smallest absolute Gasteiger partial charge is 0.111 e. The van der Waals surface area contributed by atoms with Gasteiger partial charge in [0.25, 0.3) is 0 Å². The molecule has 0 saturated heterocycles. The molecular weight excluding hydrogens is 717 g/mol. The van der Waals surface area contributed by atoms with Crippen molar-refractivity contribution in [3.8, 4) is 33.6 Å². The number of nitrogens with zero attached hydrogens (tertiary/aromatic N) is 4. The Balaban J connectivity index is 1.22. The van der Waals surface area contributed by atoms with Crippen LogP contribution in [0.1, 0.15) is 33.9 Å². The summed E-state index contributed by atoms with van der Waals surface area (Å²) in [7, 11) is 0. The summed E-state index contributed by atoms with van der Waals surface area (Å²) in [4.78, 5) is 10.1. The molecule has 0 amide bonds. The Morgan fingerprint density at radius 1 is 0.390 bits per heavy atom. The van der Waals surface area contributed by atoms with Crippen molar-refractivity contribution in [2.24, 2.45) is 0 Å². The maximum atomic E-state index is 5.03. The molecule has 0 radical (unpaired) electrons. The molecule has 9 aromatic carbocycles. The predicted molar refractivity (Wildman–Crippen MR) is 243 cm³/mol. The number of hydrogen-bond donors (Lipinski definition) is 0. The topological polar surface area (TPSA) is 35.6 Å². The van der Waals surface area contributed by atoms with Crippen LogP contribution in [0.5, 0.6) is 0 Å². The Bertz CT molecular complexity index is 3290. The van der Waals surface area contributed by atoms with E-state index in [1.54, 1.807) is 0 Å². The highest BCUT2D eigenvalue weighted by molar-refractivity contribution is 6.17. The molecule has 4 heteroatoms. The van der Waals surface area contributed by atoms with Gasteiger partial charge in [0.05, 0.1) is 38.9 Å². The second-order valence-electron chi connectivity index (χ2n) is 15.8. The minimum absolute atomic E-state index is 0.513. The van der Waals surface area contributed by atoms with E-state index in [1.807, 2.05) is 0 Å². The first kappa shape index (κ1) is 33.6. The summed E-state index contributed by atoms with van der Waals surface area (Å²) < 4.78 is 4.64. The van der Waals surface area contributed by atoms with Crippen LogP contribution in [0.25, 0.3) is 77.2 Å². The first-order valence-corrected chi connectivity index (χ1v) is 20.3. The average Bonchev–Trinajstić information content (AvgIpc) is 3.91. The van der Waals surface area contributed by atoms with Gasteiger partial charge in [-0.05, 0) is 118 Å². The minimum atomic E-state index is -0.513. The van der Waals surface area contributed by atoms with Gasteiger partial charge < -0.3 is 0 Å². The van der Waals surface area contributed by atoms with E-state index in [1.165, 1.54) is 55.3 Å². The quantitative estimate of drug-likeness (QED) is 0.164. The van der Waals surface area contributed by atoms with Crippen LogP contribution in [0.3, 0.4) is 0 Å². The fourth-order valence-electron chi connectivity index (χ4n) is 10.3. The summed E-state index contributed by atoms with van der Waals surface area (Å²) in [6.45, 7) is 4.22. The van der Waals surface area contributed by atoms with Crippen LogP contribution < -0.4 is 0 Å². The molecule has 0 saturated carbocycles. The lowest BCUT2D eigenvalue weighted by Crippen LogP contribution is -2.28. The van der Waals surface area contributed by atoms with Gasteiger partial charge in [-0.1, -0.05) is 146 Å². The van der Waals surface area contributed by atoms with Crippen molar-refractivity contribution in [3.63, 3.8) is 0 Å². The zero-order chi connectivity index (χ0) is 39.2. The van der Waals surface area contributed by atoms with Gasteiger partial charge >= 0.3 is 0 Å². The van der Waals surface area contributed by atoms with Gasteiger partial charge in [-0.3, -0.25) is 9.13 Å². The summed E-state index contributed by atoms with van der Waals surface area (Å²) in [5.74, 6) is 1.91. The molecule has 1 aliphatic rings. The lowest BCUT2D eigenvalue weighted by atomic mass is 9.67. The second kappa shape index (κ2) is 12.7. The number of hydrogen-bond acceptors (Lipinski definition) is 2. The second-order valence-corrected chi connectivity index (χ2v) is 15.8. The van der Waals surface area contributed by atoms with Crippen molar-refractivity contribution in [2.75, 3.05) is 0 Å². The summed E-state index contributed by atoms with van der Waals surface area (Å²) in [6.07, 6.45) is 0. The van der Waals surface area contributed by atoms with Gasteiger partial charge in [0.2, 0.25) is 0 Å². The Morgan fingerprint density at radius 3 is 1.46 bits per heavy atom. The molecule has 0 fully saturated rings. The summed E-state index contributed by atoms with van der Waals surface area (Å²) in [5.41, 5.74) is 15.9. The minimum Gasteiger partial charge on any atom is -0.296 e. The molecule has 0 unspecified atom stereocenters. The van der Waals surface area contributed by atoms with Crippen LogP contribution in [0.4, 0.5) is 0 Å². The molecule has 0 N–H and O–H groups in total. The third-order valence-corrected chi connectivity index (χ3v) is 12.7. The molecule has 0 aliphatic heterocycles. The third kappa shape index (κ3) is 4.71. The van der Waals surface area contributed by atoms with Crippen molar-refractivity contribution < 1.29 is 0 Å². The van der Waals surface area contributed by atoms with E-state index < -0.39 is 5.41 Å². The zero-order valence-electron chi connectivity index (χ0n) is 32.8. The predicted octanol–water partition coefficient (Wildman–Crippen LogP) is 13.3. The van der Waals surface area contributed by atoms with Gasteiger partial charge in [0.1, 0.15) is 11.6 Å². The molecule has 0 spiro atoms. The van der Waals surface area contributed by atoms with Crippen molar-refractivity contribution in [3.05, 3.63) is 228 Å². The highest BCUT2D eigenvalue weighted by atomic mass is 15.1. The van der Waals surface area contributed by atoms with E-state index in [0.717, 1.165) is 55.9 Å². The van der Waals surface area contributed by atoms with Crippen LogP contribution >= 0.6 is 0 Å². The fraction of sp³-hybridized carbons (Fsp3) is 0.0545. The van der Waals surface area contributed by atoms with Gasteiger partial charge in [-0.2, -0.15) is 0 Å². The number of imidazole rings is 2. The molecule has 4 nitrogen and oxygen atoms in total. The van der Waals surface area contributed by atoms with Gasteiger partial charge in [-0.25, -0.2) is 9.97 Å². The van der Waals surface area contributed by atoms with Crippen molar-refractivity contribution in [1.29, 1.82) is 0 Å². The molecule has 278 valence electrons. The van der Waals surface area contributed by atoms with E-state index in [-0.39, 0.29) is 0 Å². The molecule has 1 aliphatic carbocycles. The van der Waals surface area contributed by atoms with E-state index in [9.17, 15) is 0 Å². The summed E-state index contributed by atoms with van der Waals surface area (Å²) in [6, 6.07) is 71.1. The van der Waals surface area contributed by atoms with E-state index >= 15 is 0 Å². The molecule has 2 heterocycles. The lowest BCUT2D eigenvalue weighted by molar-refractivity contribution is 0.769. The Labute approximate surface area is 342 Å². The Morgan fingerprint density at radius 2 is 0.881 bits per heavy atom. The molecule has 2 aromatic heterocycles. The lowest BCUT2D eigenvalue weighted by Gasteiger charge is -2.34. The first-order valence-electron chi connectivity index (χ1n) is 20.3. The average molecular weight is 755 g/mol. The van der Waals surface area contributed by atoms with Crippen molar-refractivity contribution >= 4 is 43.6 Å². The molecule has 0 bridgehead atoms. The van der Waals surface area contributed by atoms with Crippen molar-refractivity contribution in [2.45, 2.75) is 19.3 Å². The Kier molecular flexibility index (Phi) is 7.24. The maximum Gasteiger partial charge on any atom is 0.111 e. The molecule has 11 aromatic rings. The zero-order valence-corrected chi connectivity index (χ0v) is 32.8. The van der Waals surface area contributed by atoms with E-state index in [0.29, 0.717) is 0 Å². The first-order chi connectivity index (χ1) is 29.1. The summed E-state index contributed by atoms with van der Waals surface area (Å²) in [5, 5.41) is 4.71. The standard InChI is InChI=1S/C55H38N4/c1-35-56-48-25-11-13-27-52(48)58(35)50-29-15-22-42-44(50)34-45-43(23-16-30-51(45)59-36(2)57-49-26-12-14-28-53(49)59)54(42)37-31-32-41-40-21-9-10-24-46(40)55(47(41)33-37,38-17-5-3-6-18-38)39-19-7-4-8-20-39/h3-34H,1-2H3. The number of fused-ring (bicyclic) bond motifs is 7.